The molecule has 0 aliphatic heterocycles. The molecule has 0 bridgehead atoms. The van der Waals surface area contributed by atoms with Gasteiger partial charge in [0.05, 0.1) is 19.1 Å². The van der Waals surface area contributed by atoms with Crippen LogP contribution in [0.15, 0.2) is 83.3 Å². The summed E-state index contributed by atoms with van der Waals surface area (Å²) in [5.74, 6) is 0.774. The molecular formula is C31H34N4O4. The summed E-state index contributed by atoms with van der Waals surface area (Å²) in [5.41, 5.74) is 4.32. The van der Waals surface area contributed by atoms with Gasteiger partial charge in [0.1, 0.15) is 0 Å². The first-order valence-electron chi connectivity index (χ1n) is 13.3. The van der Waals surface area contributed by atoms with Gasteiger partial charge in [0.25, 0.3) is 5.91 Å². The Balaban J connectivity index is 1.41. The molecule has 0 radical (unpaired) electrons. The third kappa shape index (κ3) is 7.31. The maximum Gasteiger partial charge on any atom is 0.307 e. The second-order valence-electron chi connectivity index (χ2n) is 9.30. The van der Waals surface area contributed by atoms with Crippen LogP contribution in [0.25, 0.3) is 22.9 Å². The number of rotatable bonds is 12. The van der Waals surface area contributed by atoms with Crippen molar-refractivity contribution in [1.29, 1.82) is 0 Å². The molecule has 8 heteroatoms. The van der Waals surface area contributed by atoms with E-state index < -0.39 is 0 Å². The molecule has 4 aromatic rings. The van der Waals surface area contributed by atoms with E-state index in [1.54, 1.807) is 19.1 Å². The van der Waals surface area contributed by atoms with Crippen molar-refractivity contribution in [2.24, 2.45) is 5.92 Å². The molecule has 0 spiro atoms. The minimum Gasteiger partial charge on any atom is -0.466 e. The fraction of sp³-hybridized carbons (Fsp3) is 0.290. The van der Waals surface area contributed by atoms with Gasteiger partial charge in [-0.05, 0) is 66.9 Å². The summed E-state index contributed by atoms with van der Waals surface area (Å²) in [5, 5.41) is 14.8. The number of hydrogen-bond acceptors (Lipinski definition) is 7. The zero-order valence-corrected chi connectivity index (χ0v) is 22.5. The number of carbonyl (C=O) groups is 2. The Kier molecular flexibility index (Phi) is 9.45. The van der Waals surface area contributed by atoms with Crippen LogP contribution >= 0.6 is 0 Å². The summed E-state index contributed by atoms with van der Waals surface area (Å²) in [6.07, 6.45) is 1.14. The van der Waals surface area contributed by atoms with Crippen LogP contribution in [-0.2, 0) is 9.53 Å². The predicted molar refractivity (Wildman–Crippen MR) is 151 cm³/mol. The summed E-state index contributed by atoms with van der Waals surface area (Å²) in [7, 11) is 0. The van der Waals surface area contributed by atoms with Gasteiger partial charge in [-0.25, -0.2) is 0 Å². The third-order valence-corrected chi connectivity index (χ3v) is 6.56. The first-order valence-corrected chi connectivity index (χ1v) is 13.3. The second-order valence-corrected chi connectivity index (χ2v) is 9.30. The Bertz CT molecular complexity index is 1350. The van der Waals surface area contributed by atoms with E-state index in [1.165, 1.54) is 0 Å². The van der Waals surface area contributed by atoms with Gasteiger partial charge < -0.3 is 19.8 Å². The number of anilines is 1. The van der Waals surface area contributed by atoms with Crippen molar-refractivity contribution in [3.8, 4) is 22.9 Å². The fourth-order valence-electron chi connectivity index (χ4n) is 4.17. The zero-order chi connectivity index (χ0) is 27.6. The normalized spacial score (nSPS) is 12.4. The van der Waals surface area contributed by atoms with E-state index >= 15 is 0 Å². The van der Waals surface area contributed by atoms with Gasteiger partial charge in [-0.3, -0.25) is 9.59 Å². The molecule has 0 aliphatic carbocycles. The molecule has 0 saturated heterocycles. The van der Waals surface area contributed by atoms with Crippen molar-refractivity contribution < 1.29 is 18.7 Å². The lowest BCUT2D eigenvalue weighted by molar-refractivity contribution is -0.142. The van der Waals surface area contributed by atoms with Crippen LogP contribution in [-0.4, -0.2) is 35.2 Å². The molecule has 4 rings (SSSR count). The van der Waals surface area contributed by atoms with Crippen LogP contribution in [0.3, 0.4) is 0 Å². The van der Waals surface area contributed by atoms with Crippen molar-refractivity contribution in [2.75, 3.05) is 18.5 Å². The molecule has 2 N–H and O–H groups in total. The van der Waals surface area contributed by atoms with Gasteiger partial charge in [-0.2, -0.15) is 0 Å². The highest BCUT2D eigenvalue weighted by atomic mass is 16.5. The van der Waals surface area contributed by atoms with Crippen LogP contribution in [0.2, 0.25) is 0 Å². The number of nitrogens with zero attached hydrogens (tertiary/aromatic N) is 2. The predicted octanol–water partition coefficient (Wildman–Crippen LogP) is 6.29. The highest BCUT2D eigenvalue weighted by Crippen LogP contribution is 2.31. The molecule has 3 aromatic carbocycles. The SMILES string of the molecule is CCOC(=O)CCNC(=O)c1ccc(N[C@@H](c2ccc(-c3nnc(-c4ccccc4)o3)cc2)C(C)CC)cc1. The third-order valence-electron chi connectivity index (χ3n) is 6.56. The minimum atomic E-state index is -0.324. The smallest absolute Gasteiger partial charge is 0.307 e. The second kappa shape index (κ2) is 13.4. The molecule has 1 unspecified atom stereocenters. The van der Waals surface area contributed by atoms with Crippen molar-refractivity contribution in [3.63, 3.8) is 0 Å². The van der Waals surface area contributed by atoms with Gasteiger partial charge in [-0.15, -0.1) is 10.2 Å². The summed E-state index contributed by atoms with van der Waals surface area (Å²) >= 11 is 0. The largest absolute Gasteiger partial charge is 0.466 e. The van der Waals surface area contributed by atoms with Gasteiger partial charge in [-0.1, -0.05) is 50.6 Å². The molecule has 0 aliphatic rings. The number of carbonyl (C=O) groups excluding carboxylic acids is 2. The molecule has 202 valence electrons. The number of ether oxygens (including phenoxy) is 1. The quantitative estimate of drug-likeness (QED) is 0.209. The van der Waals surface area contributed by atoms with E-state index in [9.17, 15) is 9.59 Å². The molecule has 1 heterocycles. The number of hydrogen-bond donors (Lipinski definition) is 2. The fourth-order valence-corrected chi connectivity index (χ4v) is 4.17. The molecule has 0 saturated carbocycles. The number of esters is 1. The molecule has 0 fully saturated rings. The van der Waals surface area contributed by atoms with Crippen LogP contribution in [0.1, 0.15) is 55.6 Å². The molecule has 1 aromatic heterocycles. The Hall–Kier alpha value is -4.46. The molecule has 39 heavy (non-hydrogen) atoms. The lowest BCUT2D eigenvalue weighted by Crippen LogP contribution is -2.26. The number of benzene rings is 3. The van der Waals surface area contributed by atoms with Crippen molar-refractivity contribution >= 4 is 17.6 Å². The Labute approximate surface area is 228 Å². The average Bonchev–Trinajstić information content (AvgIpc) is 3.47. The Morgan fingerprint density at radius 1 is 0.872 bits per heavy atom. The Morgan fingerprint density at radius 2 is 1.51 bits per heavy atom. The van der Waals surface area contributed by atoms with Gasteiger partial charge in [0, 0.05) is 28.9 Å². The van der Waals surface area contributed by atoms with E-state index in [0.29, 0.717) is 29.9 Å². The van der Waals surface area contributed by atoms with E-state index in [1.807, 2.05) is 54.6 Å². The number of aromatic nitrogens is 2. The Morgan fingerprint density at radius 3 is 2.13 bits per heavy atom. The van der Waals surface area contributed by atoms with Crippen molar-refractivity contribution in [1.82, 2.24) is 15.5 Å². The van der Waals surface area contributed by atoms with Crippen LogP contribution < -0.4 is 10.6 Å². The minimum absolute atomic E-state index is 0.0656. The zero-order valence-electron chi connectivity index (χ0n) is 22.5. The van der Waals surface area contributed by atoms with Crippen LogP contribution in [0.4, 0.5) is 5.69 Å². The summed E-state index contributed by atoms with van der Waals surface area (Å²) < 4.78 is 10.8. The number of nitrogens with one attached hydrogen (secondary N) is 2. The van der Waals surface area contributed by atoms with Gasteiger partial charge >= 0.3 is 5.97 Å². The van der Waals surface area contributed by atoms with E-state index in [-0.39, 0.29) is 30.9 Å². The highest BCUT2D eigenvalue weighted by Gasteiger charge is 2.19. The molecule has 8 nitrogen and oxygen atoms in total. The van der Waals surface area contributed by atoms with Crippen LogP contribution in [0.5, 0.6) is 0 Å². The monoisotopic (exact) mass is 526 g/mol. The summed E-state index contributed by atoms with van der Waals surface area (Å²) in [6.45, 7) is 6.70. The molecule has 2 atom stereocenters. The van der Waals surface area contributed by atoms with E-state index in [0.717, 1.165) is 28.8 Å². The molecular weight excluding hydrogens is 492 g/mol. The van der Waals surface area contributed by atoms with Gasteiger partial charge in [0.15, 0.2) is 0 Å². The first kappa shape index (κ1) is 27.6. The summed E-state index contributed by atoms with van der Waals surface area (Å²) in [6, 6.07) is 25.3. The average molecular weight is 527 g/mol. The lowest BCUT2D eigenvalue weighted by Gasteiger charge is -2.26. The van der Waals surface area contributed by atoms with Crippen LogP contribution in [0, 0.1) is 5.92 Å². The molecule has 1 amide bonds. The lowest BCUT2D eigenvalue weighted by atomic mass is 9.91. The van der Waals surface area contributed by atoms with E-state index in [4.69, 9.17) is 9.15 Å². The topological polar surface area (TPSA) is 106 Å². The maximum atomic E-state index is 12.4. The first-order chi connectivity index (χ1) is 19.0. The van der Waals surface area contributed by atoms with Crippen molar-refractivity contribution in [3.05, 3.63) is 90.0 Å². The summed E-state index contributed by atoms with van der Waals surface area (Å²) in [4.78, 5) is 23.9. The standard InChI is InChI=1S/C31H34N4O4/c1-4-21(3)28(33-26-17-15-23(16-18-26)29(37)32-20-19-27(36)38-5-2)22-11-13-25(14-12-22)31-35-34-30(39-31)24-9-7-6-8-10-24/h6-18,21,28,33H,4-5,19-20H2,1-3H3,(H,32,37)/t21?,28-/m1/s1. The maximum absolute atomic E-state index is 12.4. The number of amides is 1. The van der Waals surface area contributed by atoms with E-state index in [2.05, 4.69) is 46.8 Å². The van der Waals surface area contributed by atoms with Gasteiger partial charge in [0.2, 0.25) is 11.8 Å². The highest BCUT2D eigenvalue weighted by molar-refractivity contribution is 5.94. The van der Waals surface area contributed by atoms with Crippen molar-refractivity contribution in [2.45, 2.75) is 39.7 Å².